The first-order valence-electron chi connectivity index (χ1n) is 8.46. The molecule has 0 radical (unpaired) electrons. The molecular formula is C18H15N7O3S. The molecule has 0 bridgehead atoms. The standard InChI is InChI=1S/C18H15N7O3S/c19-15-17(22-23-18(29)21-15)24-12-7-6-10(25(27)28)8-11(12)13(16(20)26)14(24)9-4-2-1-3-5-9/h1-8,15H,19H2,(H2,20,26)(H2,21,23,29). The first-order valence-corrected chi connectivity index (χ1v) is 8.87. The summed E-state index contributed by atoms with van der Waals surface area (Å²) in [7, 11) is 0. The SMILES string of the molecule is NC(=O)c1c(-c2ccccc2)n(C2=NNC(=S)NC2N)c2ccc([N+](=O)[O-])cc12. The minimum Gasteiger partial charge on any atom is -0.366 e. The lowest BCUT2D eigenvalue weighted by Gasteiger charge is -2.25. The summed E-state index contributed by atoms with van der Waals surface area (Å²) in [4.78, 5) is 23.2. The molecule has 6 N–H and O–H groups in total. The largest absolute Gasteiger partial charge is 0.366 e. The summed E-state index contributed by atoms with van der Waals surface area (Å²) in [6, 6.07) is 13.2. The Bertz CT molecular complexity index is 1200. The van der Waals surface area contributed by atoms with Crippen molar-refractivity contribution < 1.29 is 9.72 Å². The van der Waals surface area contributed by atoms with Crippen LogP contribution in [0, 0.1) is 10.1 Å². The number of hydrogen-bond acceptors (Lipinski definition) is 6. The quantitative estimate of drug-likeness (QED) is 0.288. The van der Waals surface area contributed by atoms with Gasteiger partial charge in [-0.3, -0.25) is 24.9 Å². The van der Waals surface area contributed by atoms with Gasteiger partial charge in [-0.25, -0.2) is 0 Å². The van der Waals surface area contributed by atoms with E-state index in [0.29, 0.717) is 28.0 Å². The number of hydrogen-bond donors (Lipinski definition) is 4. The van der Waals surface area contributed by atoms with E-state index in [9.17, 15) is 14.9 Å². The molecule has 0 aliphatic carbocycles. The molecule has 0 fully saturated rings. The number of benzene rings is 2. The highest BCUT2D eigenvalue weighted by molar-refractivity contribution is 7.80. The van der Waals surface area contributed by atoms with Crippen molar-refractivity contribution in [1.29, 1.82) is 0 Å². The van der Waals surface area contributed by atoms with E-state index in [1.54, 1.807) is 28.8 Å². The molecule has 0 saturated heterocycles. The van der Waals surface area contributed by atoms with Crippen molar-refractivity contribution in [2.75, 3.05) is 0 Å². The molecule has 10 nitrogen and oxygen atoms in total. The lowest BCUT2D eigenvalue weighted by Crippen LogP contribution is -2.56. The lowest BCUT2D eigenvalue weighted by atomic mass is 10.0. The average molecular weight is 409 g/mol. The van der Waals surface area contributed by atoms with E-state index in [2.05, 4.69) is 15.8 Å². The van der Waals surface area contributed by atoms with E-state index in [-0.39, 0.29) is 16.4 Å². The third kappa shape index (κ3) is 3.07. The summed E-state index contributed by atoms with van der Waals surface area (Å²) in [5, 5.41) is 19.0. The van der Waals surface area contributed by atoms with Gasteiger partial charge in [-0.15, -0.1) is 0 Å². The Morgan fingerprint density at radius 3 is 2.59 bits per heavy atom. The normalized spacial score (nSPS) is 16.1. The van der Waals surface area contributed by atoms with Crippen molar-refractivity contribution >= 4 is 45.7 Å². The van der Waals surface area contributed by atoms with Crippen LogP contribution in [-0.4, -0.2) is 32.5 Å². The molecule has 1 aliphatic heterocycles. The molecule has 29 heavy (non-hydrogen) atoms. The molecule has 1 atom stereocenters. The Morgan fingerprint density at radius 1 is 1.24 bits per heavy atom. The number of nitrogens with one attached hydrogen (secondary N) is 2. The maximum atomic E-state index is 12.4. The minimum absolute atomic E-state index is 0.137. The fourth-order valence-electron chi connectivity index (χ4n) is 3.35. The second kappa shape index (κ2) is 6.96. The number of non-ortho nitro benzene ring substituents is 1. The van der Waals surface area contributed by atoms with E-state index in [4.69, 9.17) is 23.7 Å². The summed E-state index contributed by atoms with van der Waals surface area (Å²) in [5.41, 5.74) is 16.1. The van der Waals surface area contributed by atoms with Crippen LogP contribution in [0.2, 0.25) is 0 Å². The number of nitro groups is 1. The highest BCUT2D eigenvalue weighted by Gasteiger charge is 2.29. The highest BCUT2D eigenvalue weighted by atomic mass is 32.1. The topological polar surface area (TPSA) is 154 Å². The molecule has 1 amide bonds. The van der Waals surface area contributed by atoms with Crippen LogP contribution in [0.4, 0.5) is 5.69 Å². The molecule has 2 heterocycles. The van der Waals surface area contributed by atoms with E-state index < -0.39 is 17.0 Å². The van der Waals surface area contributed by atoms with Gasteiger partial charge in [0.2, 0.25) is 0 Å². The van der Waals surface area contributed by atoms with Gasteiger partial charge < -0.3 is 16.8 Å². The molecule has 2 aromatic carbocycles. The summed E-state index contributed by atoms with van der Waals surface area (Å²) in [5.74, 6) is -0.404. The van der Waals surface area contributed by atoms with E-state index >= 15 is 0 Å². The molecule has 0 saturated carbocycles. The third-order valence-electron chi connectivity index (χ3n) is 4.52. The zero-order valence-electron chi connectivity index (χ0n) is 14.8. The molecule has 3 aromatic rings. The number of nitrogens with zero attached hydrogens (tertiary/aromatic N) is 3. The molecule has 146 valence electrons. The van der Waals surface area contributed by atoms with Gasteiger partial charge in [0.15, 0.2) is 10.9 Å². The minimum atomic E-state index is -0.780. The van der Waals surface area contributed by atoms with Crippen LogP contribution >= 0.6 is 12.2 Å². The van der Waals surface area contributed by atoms with Gasteiger partial charge >= 0.3 is 0 Å². The van der Waals surface area contributed by atoms with Crippen molar-refractivity contribution in [2.45, 2.75) is 6.17 Å². The summed E-state index contributed by atoms with van der Waals surface area (Å²) in [6.45, 7) is 0. The molecule has 1 aliphatic rings. The fraction of sp³-hybridized carbons (Fsp3) is 0.0556. The third-order valence-corrected chi connectivity index (χ3v) is 4.73. The number of hydrazone groups is 1. The molecule has 11 heteroatoms. The van der Waals surface area contributed by atoms with Crippen molar-refractivity contribution in [3.63, 3.8) is 0 Å². The molecule has 0 spiro atoms. The molecule has 1 unspecified atom stereocenters. The van der Waals surface area contributed by atoms with Crippen molar-refractivity contribution in [2.24, 2.45) is 16.6 Å². The van der Waals surface area contributed by atoms with E-state index in [1.807, 2.05) is 6.07 Å². The summed E-state index contributed by atoms with van der Waals surface area (Å²) >= 11 is 5.03. The number of carbonyl (C=O) groups excluding carboxylic acids is 1. The van der Waals surface area contributed by atoms with E-state index in [0.717, 1.165) is 0 Å². The van der Waals surface area contributed by atoms with Crippen molar-refractivity contribution in [1.82, 2.24) is 15.3 Å². The monoisotopic (exact) mass is 409 g/mol. The van der Waals surface area contributed by atoms with Gasteiger partial charge in [0, 0.05) is 17.5 Å². The number of aromatic nitrogens is 1. The molecule has 1 aromatic heterocycles. The second-order valence-electron chi connectivity index (χ2n) is 6.28. The second-order valence-corrected chi connectivity index (χ2v) is 6.69. The number of thiocarbonyl (C=S) groups is 1. The maximum absolute atomic E-state index is 12.4. The van der Waals surface area contributed by atoms with Gasteiger partial charge in [-0.05, 0) is 23.8 Å². The first-order chi connectivity index (χ1) is 13.9. The molecule has 4 rings (SSSR count). The Hall–Kier alpha value is -3.83. The Kier molecular flexibility index (Phi) is 4.45. The lowest BCUT2D eigenvalue weighted by molar-refractivity contribution is -0.384. The predicted molar refractivity (Wildman–Crippen MR) is 112 cm³/mol. The summed E-state index contributed by atoms with van der Waals surface area (Å²) < 4.78 is 1.65. The van der Waals surface area contributed by atoms with Crippen molar-refractivity contribution in [3.8, 4) is 11.3 Å². The van der Waals surface area contributed by atoms with Gasteiger partial charge in [-0.1, -0.05) is 30.3 Å². The van der Waals surface area contributed by atoms with Crippen LogP contribution in [0.1, 0.15) is 10.4 Å². The van der Waals surface area contributed by atoms with Gasteiger partial charge in [0.05, 0.1) is 21.7 Å². The Labute approximate surface area is 169 Å². The Morgan fingerprint density at radius 2 is 1.97 bits per heavy atom. The predicted octanol–water partition coefficient (Wildman–Crippen LogP) is 1.24. The summed E-state index contributed by atoms with van der Waals surface area (Å²) in [6.07, 6.45) is -0.780. The number of nitro benzene ring substituents is 1. The van der Waals surface area contributed by atoms with Crippen LogP contribution in [0.25, 0.3) is 22.2 Å². The zero-order valence-corrected chi connectivity index (χ0v) is 15.6. The average Bonchev–Trinajstić information content (AvgIpc) is 3.03. The number of rotatable bonds is 3. The number of fused-ring (bicyclic) bond motifs is 1. The Balaban J connectivity index is 2.14. The smallest absolute Gasteiger partial charge is 0.270 e. The van der Waals surface area contributed by atoms with Crippen LogP contribution in [0.5, 0.6) is 0 Å². The number of amides is 1. The van der Waals surface area contributed by atoms with Crippen LogP contribution < -0.4 is 22.2 Å². The van der Waals surface area contributed by atoms with Gasteiger partial charge in [0.25, 0.3) is 11.6 Å². The first kappa shape index (κ1) is 18.5. The number of primary amides is 1. The number of nitrogens with two attached hydrogens (primary N) is 2. The van der Waals surface area contributed by atoms with Gasteiger partial charge in [0.1, 0.15) is 6.17 Å². The van der Waals surface area contributed by atoms with Crippen molar-refractivity contribution in [3.05, 3.63) is 64.2 Å². The number of carbonyl (C=O) groups is 1. The maximum Gasteiger partial charge on any atom is 0.270 e. The zero-order chi connectivity index (χ0) is 20.7. The van der Waals surface area contributed by atoms with Crippen LogP contribution in [0.15, 0.2) is 53.6 Å². The van der Waals surface area contributed by atoms with Crippen LogP contribution in [-0.2, 0) is 0 Å². The van der Waals surface area contributed by atoms with Crippen LogP contribution in [0.3, 0.4) is 0 Å². The molecular weight excluding hydrogens is 394 g/mol. The van der Waals surface area contributed by atoms with Gasteiger partial charge in [-0.2, -0.15) is 5.10 Å². The van der Waals surface area contributed by atoms with E-state index in [1.165, 1.54) is 18.2 Å². The highest BCUT2D eigenvalue weighted by Crippen LogP contribution is 2.36. The fourth-order valence-corrected chi connectivity index (χ4v) is 3.53.